The molecule has 0 aliphatic rings. The zero-order chi connectivity index (χ0) is 13.5. The van der Waals surface area contributed by atoms with Gasteiger partial charge in [-0.25, -0.2) is 0 Å². The zero-order valence-electron chi connectivity index (χ0n) is 10.1. The lowest BCUT2D eigenvalue weighted by Crippen LogP contribution is -2.40. The van der Waals surface area contributed by atoms with Crippen LogP contribution < -0.4 is 5.32 Å². The molecule has 0 aliphatic heterocycles. The van der Waals surface area contributed by atoms with Gasteiger partial charge in [-0.3, -0.25) is 0 Å². The van der Waals surface area contributed by atoms with E-state index in [4.69, 9.17) is 5.26 Å². The highest BCUT2D eigenvalue weighted by atomic mass is 19.4. The number of hydrogen-bond donors (Lipinski definition) is 2. The van der Waals surface area contributed by atoms with Crippen molar-refractivity contribution in [3.8, 4) is 6.07 Å². The third kappa shape index (κ3) is 4.92. The molecule has 0 radical (unpaired) electrons. The van der Waals surface area contributed by atoms with Crippen molar-refractivity contribution in [2.75, 3.05) is 19.7 Å². The summed E-state index contributed by atoms with van der Waals surface area (Å²) in [6.45, 7) is 3.54. The third-order valence-electron chi connectivity index (χ3n) is 3.23. The van der Waals surface area contributed by atoms with Gasteiger partial charge in [-0.15, -0.1) is 0 Å². The number of nitrogens with one attached hydrogen (secondary N) is 1. The summed E-state index contributed by atoms with van der Waals surface area (Å²) < 4.78 is 36.8. The van der Waals surface area contributed by atoms with Crippen molar-refractivity contribution in [3.63, 3.8) is 0 Å². The van der Waals surface area contributed by atoms with Gasteiger partial charge in [0.15, 0.2) is 5.92 Å². The summed E-state index contributed by atoms with van der Waals surface area (Å²) in [6.07, 6.45) is -3.14. The van der Waals surface area contributed by atoms with Gasteiger partial charge < -0.3 is 10.4 Å². The monoisotopic (exact) mass is 252 g/mol. The molecule has 17 heavy (non-hydrogen) atoms. The fraction of sp³-hybridized carbons (Fsp3) is 0.909. The van der Waals surface area contributed by atoms with Crippen LogP contribution in [0.25, 0.3) is 0 Å². The Hall–Kier alpha value is -0.800. The Labute approximate surface area is 99.6 Å². The lowest BCUT2D eigenvalue weighted by Gasteiger charge is -2.30. The fourth-order valence-corrected chi connectivity index (χ4v) is 1.50. The lowest BCUT2D eigenvalue weighted by atomic mass is 9.83. The number of aliphatic hydroxyl groups excluding tert-OH is 1. The van der Waals surface area contributed by atoms with Crippen LogP contribution in [0.3, 0.4) is 0 Å². The van der Waals surface area contributed by atoms with E-state index in [1.807, 2.05) is 13.8 Å². The third-order valence-corrected chi connectivity index (χ3v) is 3.23. The number of aliphatic hydroxyl groups is 1. The molecule has 100 valence electrons. The maximum Gasteiger partial charge on any atom is 0.405 e. The number of rotatable bonds is 7. The Balaban J connectivity index is 4.26. The van der Waals surface area contributed by atoms with E-state index in [9.17, 15) is 18.3 Å². The Morgan fingerprint density at radius 2 is 1.82 bits per heavy atom. The number of nitrogens with zero attached hydrogens (tertiary/aromatic N) is 1. The summed E-state index contributed by atoms with van der Waals surface area (Å²) in [4.78, 5) is 0. The minimum atomic E-state index is -4.50. The molecule has 0 aromatic heterocycles. The highest BCUT2D eigenvalue weighted by Gasteiger charge is 2.39. The van der Waals surface area contributed by atoms with E-state index in [0.29, 0.717) is 12.8 Å². The van der Waals surface area contributed by atoms with Crippen LogP contribution in [-0.4, -0.2) is 31.0 Å². The maximum absolute atomic E-state index is 12.3. The van der Waals surface area contributed by atoms with Crippen molar-refractivity contribution >= 4 is 0 Å². The van der Waals surface area contributed by atoms with Gasteiger partial charge in [0.1, 0.15) is 0 Å². The lowest BCUT2D eigenvalue weighted by molar-refractivity contribution is -0.157. The van der Waals surface area contributed by atoms with Gasteiger partial charge in [0, 0.05) is 25.1 Å². The predicted molar refractivity (Wildman–Crippen MR) is 58.1 cm³/mol. The zero-order valence-corrected chi connectivity index (χ0v) is 10.1. The smallest absolute Gasteiger partial charge is 0.396 e. The van der Waals surface area contributed by atoms with Crippen molar-refractivity contribution in [2.45, 2.75) is 32.9 Å². The second-order valence-corrected chi connectivity index (χ2v) is 4.22. The minimum absolute atomic E-state index is 0.0732. The van der Waals surface area contributed by atoms with Crippen LogP contribution in [0.15, 0.2) is 0 Å². The van der Waals surface area contributed by atoms with Gasteiger partial charge in [0.25, 0.3) is 0 Å². The summed E-state index contributed by atoms with van der Waals surface area (Å²) in [7, 11) is 0. The first kappa shape index (κ1) is 16.2. The van der Waals surface area contributed by atoms with Crippen molar-refractivity contribution in [2.24, 2.45) is 11.3 Å². The van der Waals surface area contributed by atoms with Crippen LogP contribution in [0.1, 0.15) is 26.7 Å². The number of nitriles is 1. The second-order valence-electron chi connectivity index (χ2n) is 4.22. The van der Waals surface area contributed by atoms with Gasteiger partial charge in [-0.05, 0) is 12.8 Å². The van der Waals surface area contributed by atoms with Crippen molar-refractivity contribution < 1.29 is 18.3 Å². The van der Waals surface area contributed by atoms with E-state index in [-0.39, 0.29) is 13.2 Å². The molecule has 0 rings (SSSR count). The predicted octanol–water partition coefficient (Wildman–Crippen LogP) is 2.08. The Bertz CT molecular complexity index is 248. The molecule has 6 heteroatoms. The van der Waals surface area contributed by atoms with Crippen molar-refractivity contribution in [1.82, 2.24) is 5.32 Å². The molecule has 1 unspecified atom stereocenters. The van der Waals surface area contributed by atoms with E-state index in [1.54, 1.807) is 0 Å². The summed E-state index contributed by atoms with van der Waals surface area (Å²) in [5.74, 6) is -1.99. The Kier molecular flexibility index (Phi) is 6.50. The van der Waals surface area contributed by atoms with Crippen molar-refractivity contribution in [3.05, 3.63) is 0 Å². The second kappa shape index (κ2) is 6.82. The van der Waals surface area contributed by atoms with Gasteiger partial charge in [0.2, 0.25) is 0 Å². The molecule has 2 N–H and O–H groups in total. The van der Waals surface area contributed by atoms with Crippen LogP contribution in [-0.2, 0) is 0 Å². The average Bonchev–Trinajstić information content (AvgIpc) is 2.29. The van der Waals surface area contributed by atoms with Crippen molar-refractivity contribution in [1.29, 1.82) is 5.26 Å². The quantitative estimate of drug-likeness (QED) is 0.729. The van der Waals surface area contributed by atoms with E-state index in [1.165, 1.54) is 6.07 Å². The van der Waals surface area contributed by atoms with Crippen LogP contribution in [0.5, 0.6) is 0 Å². The first-order valence-electron chi connectivity index (χ1n) is 5.63. The first-order valence-corrected chi connectivity index (χ1v) is 5.63. The van der Waals surface area contributed by atoms with Gasteiger partial charge in [-0.1, -0.05) is 13.8 Å². The molecule has 0 bridgehead atoms. The molecule has 1 atom stereocenters. The number of alkyl halides is 3. The standard InChI is InChI=1S/C11H19F3N2O/c1-3-10(4-2,8-17)7-16-6-9(5-15)11(12,13)14/h9,16-17H,3-4,6-8H2,1-2H3. The normalized spacial score (nSPS) is 14.4. The van der Waals surface area contributed by atoms with E-state index >= 15 is 0 Å². The Morgan fingerprint density at radius 1 is 1.29 bits per heavy atom. The molecule has 0 aromatic rings. The fourth-order valence-electron chi connectivity index (χ4n) is 1.50. The Morgan fingerprint density at radius 3 is 2.12 bits per heavy atom. The molecule has 0 aliphatic carbocycles. The van der Waals surface area contributed by atoms with E-state index in [0.717, 1.165) is 0 Å². The summed E-state index contributed by atoms with van der Waals surface area (Å²) in [5.41, 5.74) is -0.397. The minimum Gasteiger partial charge on any atom is -0.396 e. The molecule has 0 heterocycles. The average molecular weight is 252 g/mol. The molecule has 0 saturated carbocycles. The molecule has 3 nitrogen and oxygen atoms in total. The topological polar surface area (TPSA) is 56.0 Å². The van der Waals surface area contributed by atoms with Gasteiger partial charge >= 0.3 is 6.18 Å². The van der Waals surface area contributed by atoms with Crippen LogP contribution in [0.4, 0.5) is 13.2 Å². The molecular formula is C11H19F3N2O. The molecule has 0 saturated heterocycles. The van der Waals surface area contributed by atoms with Crippen LogP contribution >= 0.6 is 0 Å². The van der Waals surface area contributed by atoms with E-state index in [2.05, 4.69) is 5.32 Å². The van der Waals surface area contributed by atoms with Gasteiger partial charge in [-0.2, -0.15) is 18.4 Å². The molecule has 0 aromatic carbocycles. The summed E-state index contributed by atoms with van der Waals surface area (Å²) >= 11 is 0. The summed E-state index contributed by atoms with van der Waals surface area (Å²) in [6, 6.07) is 1.23. The summed E-state index contributed by atoms with van der Waals surface area (Å²) in [5, 5.41) is 20.3. The van der Waals surface area contributed by atoms with E-state index < -0.39 is 24.1 Å². The SMILES string of the molecule is CCC(CC)(CO)CNCC(C#N)C(F)(F)F. The molecule has 0 spiro atoms. The first-order chi connectivity index (χ1) is 7.85. The highest BCUT2D eigenvalue weighted by molar-refractivity contribution is 4.90. The molecular weight excluding hydrogens is 233 g/mol. The number of hydrogen-bond acceptors (Lipinski definition) is 3. The highest BCUT2D eigenvalue weighted by Crippen LogP contribution is 2.27. The maximum atomic E-state index is 12.3. The van der Waals surface area contributed by atoms with Gasteiger partial charge in [0.05, 0.1) is 6.07 Å². The largest absolute Gasteiger partial charge is 0.405 e. The molecule has 0 amide bonds. The molecule has 0 fully saturated rings. The van der Waals surface area contributed by atoms with Crippen LogP contribution in [0.2, 0.25) is 0 Å². The number of halogens is 3. The van der Waals surface area contributed by atoms with Crippen LogP contribution in [0, 0.1) is 22.7 Å².